The average molecular weight is 519 g/mol. The average Bonchev–Trinajstić information content (AvgIpc) is 3.47. The van der Waals surface area contributed by atoms with Crippen molar-refractivity contribution in [3.05, 3.63) is 65.7 Å². The lowest BCUT2D eigenvalue weighted by Crippen LogP contribution is -2.40. The molecule has 2 N–H and O–H groups in total. The number of halogens is 3. The van der Waals surface area contributed by atoms with Crippen LogP contribution in [0.4, 0.5) is 24.8 Å². The fourth-order valence-corrected chi connectivity index (χ4v) is 5.67. The highest BCUT2D eigenvalue weighted by Crippen LogP contribution is 2.50. The van der Waals surface area contributed by atoms with Crippen LogP contribution in [0.1, 0.15) is 17.5 Å². The smallest absolute Gasteiger partial charge is 0.418 e. The van der Waals surface area contributed by atoms with Crippen molar-refractivity contribution in [1.82, 2.24) is 9.97 Å². The van der Waals surface area contributed by atoms with Crippen molar-refractivity contribution in [2.24, 2.45) is 11.8 Å². The van der Waals surface area contributed by atoms with Gasteiger partial charge in [-0.2, -0.15) is 21.6 Å². The second-order valence-corrected chi connectivity index (χ2v) is 10.6. The van der Waals surface area contributed by atoms with Gasteiger partial charge >= 0.3 is 12.1 Å². The van der Waals surface area contributed by atoms with E-state index in [1.165, 1.54) is 24.3 Å². The zero-order valence-electron chi connectivity index (χ0n) is 18.9. The third kappa shape index (κ3) is 4.36. The highest BCUT2D eigenvalue weighted by atomic mass is 32.2. The van der Waals surface area contributed by atoms with Gasteiger partial charge < -0.3 is 10.0 Å². The summed E-state index contributed by atoms with van der Waals surface area (Å²) in [7, 11) is -4.34. The number of benzene rings is 1. The van der Waals surface area contributed by atoms with Crippen LogP contribution < -0.4 is 9.62 Å². The van der Waals surface area contributed by atoms with E-state index in [9.17, 15) is 31.5 Å². The quantitative estimate of drug-likeness (QED) is 0.503. The molecule has 188 valence electrons. The molecule has 1 saturated carbocycles. The van der Waals surface area contributed by atoms with Gasteiger partial charge in [0.1, 0.15) is 17.7 Å². The summed E-state index contributed by atoms with van der Waals surface area (Å²) in [4.78, 5) is 21.5. The predicted octanol–water partition coefficient (Wildman–Crippen LogP) is 4.18. The number of carbonyl (C=O) groups is 1. The molecule has 0 radical (unpaired) electrons. The third-order valence-electron chi connectivity index (χ3n) is 6.52. The van der Waals surface area contributed by atoms with Crippen molar-refractivity contribution in [1.29, 1.82) is 0 Å². The zero-order valence-corrected chi connectivity index (χ0v) is 19.7. The van der Waals surface area contributed by atoms with E-state index < -0.39 is 44.5 Å². The van der Waals surface area contributed by atoms with Gasteiger partial charge in [0.2, 0.25) is 0 Å². The molecular formula is C24H21F3N4O4S. The van der Waals surface area contributed by atoms with E-state index in [0.29, 0.717) is 12.1 Å². The second kappa shape index (κ2) is 8.47. The number of pyridine rings is 2. The maximum Gasteiger partial charge on any atom is 0.418 e. The van der Waals surface area contributed by atoms with E-state index in [4.69, 9.17) is 0 Å². The summed E-state index contributed by atoms with van der Waals surface area (Å²) >= 11 is 0. The first-order valence-electron chi connectivity index (χ1n) is 11.1. The molecular weight excluding hydrogens is 497 g/mol. The number of carboxylic acid groups (broad SMARTS) is 1. The number of fused-ring (bicyclic) bond motifs is 1. The Morgan fingerprint density at radius 3 is 2.53 bits per heavy atom. The summed E-state index contributed by atoms with van der Waals surface area (Å²) in [6.45, 7) is 2.10. The molecule has 2 aliphatic rings. The summed E-state index contributed by atoms with van der Waals surface area (Å²) in [6, 6.07) is 11.5. The van der Waals surface area contributed by atoms with Crippen molar-refractivity contribution in [2.45, 2.75) is 30.6 Å². The van der Waals surface area contributed by atoms with Gasteiger partial charge in [-0.05, 0) is 55.0 Å². The molecule has 2 fully saturated rings. The summed E-state index contributed by atoms with van der Waals surface area (Å²) in [5.41, 5.74) is -0.630. The normalized spacial score (nSPS) is 21.2. The van der Waals surface area contributed by atoms with Gasteiger partial charge in [0.25, 0.3) is 10.0 Å². The molecule has 1 saturated heterocycles. The summed E-state index contributed by atoms with van der Waals surface area (Å²) < 4.78 is 69.4. The third-order valence-corrected chi connectivity index (χ3v) is 7.78. The zero-order chi connectivity index (χ0) is 25.8. The number of sulfonamides is 1. The largest absolute Gasteiger partial charge is 0.480 e. The minimum absolute atomic E-state index is 0.0129. The predicted molar refractivity (Wildman–Crippen MR) is 125 cm³/mol. The Balaban J connectivity index is 1.48. The Kier molecular flexibility index (Phi) is 5.66. The van der Waals surface area contributed by atoms with Crippen molar-refractivity contribution < 1.29 is 31.5 Å². The molecule has 0 bridgehead atoms. The van der Waals surface area contributed by atoms with Crippen LogP contribution in [0.2, 0.25) is 0 Å². The molecule has 5 rings (SSSR count). The molecule has 12 heteroatoms. The highest BCUT2D eigenvalue weighted by Gasteiger charge is 2.56. The molecule has 0 spiro atoms. The first kappa shape index (κ1) is 24.0. The van der Waals surface area contributed by atoms with Gasteiger partial charge in [-0.15, -0.1) is 0 Å². The standard InChI is InChI=1S/C24H21F3N4O4S/c1-13-5-2-3-6-15(13)21-17(24(25,26)27)9-10-18(28-21)30-36(34,35)20-8-4-7-19(29-20)31-12-14-11-16(14)22(31)23(32)33/h2-10,14,16,22H,11-12H2,1H3,(H,28,30)(H,32,33)/t14-,16-,22+/m1/s1. The van der Waals surface area contributed by atoms with Gasteiger partial charge in [0, 0.05) is 12.1 Å². The summed E-state index contributed by atoms with van der Waals surface area (Å²) in [6.07, 6.45) is -3.88. The van der Waals surface area contributed by atoms with Gasteiger partial charge in [-0.3, -0.25) is 4.72 Å². The maximum atomic E-state index is 13.7. The number of rotatable bonds is 6. The molecule has 3 heterocycles. The molecule has 3 aromatic rings. The van der Waals surface area contributed by atoms with Crippen LogP contribution in [-0.2, 0) is 21.0 Å². The number of carboxylic acids is 1. The molecule has 36 heavy (non-hydrogen) atoms. The van der Waals surface area contributed by atoms with E-state index >= 15 is 0 Å². The number of aryl methyl sites for hydroxylation is 1. The Bertz CT molecular complexity index is 1460. The highest BCUT2D eigenvalue weighted by molar-refractivity contribution is 7.92. The van der Waals surface area contributed by atoms with Crippen LogP contribution in [0, 0.1) is 18.8 Å². The number of aliphatic carboxylic acids is 1. The summed E-state index contributed by atoms with van der Waals surface area (Å²) in [5.74, 6) is -0.843. The minimum atomic E-state index is -4.70. The number of anilines is 2. The van der Waals surface area contributed by atoms with Crippen LogP contribution in [0.25, 0.3) is 11.3 Å². The maximum absolute atomic E-state index is 13.7. The molecule has 1 aromatic carbocycles. The number of aromatic nitrogens is 2. The first-order chi connectivity index (χ1) is 17.0. The lowest BCUT2D eigenvalue weighted by atomic mass is 10.0. The van der Waals surface area contributed by atoms with E-state index in [1.807, 2.05) is 0 Å². The fraction of sp³-hybridized carbons (Fsp3) is 0.292. The number of hydrogen-bond donors (Lipinski definition) is 2. The van der Waals surface area contributed by atoms with Crippen LogP contribution in [0.3, 0.4) is 0 Å². The van der Waals surface area contributed by atoms with Crippen molar-refractivity contribution in [2.75, 3.05) is 16.2 Å². The Morgan fingerprint density at radius 1 is 1.08 bits per heavy atom. The molecule has 0 unspecified atom stereocenters. The molecule has 1 aliphatic heterocycles. The number of nitrogens with zero attached hydrogens (tertiary/aromatic N) is 3. The molecule has 2 aromatic heterocycles. The van der Waals surface area contributed by atoms with Crippen LogP contribution in [-0.4, -0.2) is 42.0 Å². The van der Waals surface area contributed by atoms with Crippen LogP contribution in [0.5, 0.6) is 0 Å². The Morgan fingerprint density at radius 2 is 1.83 bits per heavy atom. The first-order valence-corrected chi connectivity index (χ1v) is 12.6. The SMILES string of the molecule is Cc1ccccc1-c1nc(NS(=O)(=O)c2cccc(N3C[C@H]4C[C@H]4[C@H]3C(=O)O)n2)ccc1C(F)(F)F. The van der Waals surface area contributed by atoms with Gasteiger partial charge in [0.15, 0.2) is 5.03 Å². The topological polar surface area (TPSA) is 112 Å². The van der Waals surface area contributed by atoms with Gasteiger partial charge in [0.05, 0.1) is 11.3 Å². The molecule has 8 nitrogen and oxygen atoms in total. The number of nitrogens with one attached hydrogen (secondary N) is 1. The fourth-order valence-electron chi connectivity index (χ4n) is 4.71. The summed E-state index contributed by atoms with van der Waals surface area (Å²) in [5, 5.41) is 9.20. The van der Waals surface area contributed by atoms with Crippen molar-refractivity contribution >= 4 is 27.6 Å². The minimum Gasteiger partial charge on any atom is -0.480 e. The number of piperidine rings is 1. The lowest BCUT2D eigenvalue weighted by Gasteiger charge is -2.25. The van der Waals surface area contributed by atoms with Crippen LogP contribution in [0.15, 0.2) is 59.6 Å². The number of hydrogen-bond acceptors (Lipinski definition) is 6. The molecule has 0 amide bonds. The molecule has 1 aliphatic carbocycles. The van der Waals surface area contributed by atoms with Gasteiger partial charge in [-0.1, -0.05) is 30.3 Å². The Labute approximate surface area is 204 Å². The second-order valence-electron chi connectivity index (χ2n) is 8.94. The lowest BCUT2D eigenvalue weighted by molar-refractivity contribution is -0.139. The van der Waals surface area contributed by atoms with E-state index in [2.05, 4.69) is 14.7 Å². The van der Waals surface area contributed by atoms with Crippen LogP contribution >= 0.6 is 0 Å². The monoisotopic (exact) mass is 518 g/mol. The number of alkyl halides is 3. The van der Waals surface area contributed by atoms with Crippen molar-refractivity contribution in [3.8, 4) is 11.3 Å². The Hall–Kier alpha value is -3.67. The van der Waals surface area contributed by atoms with E-state index in [0.717, 1.165) is 18.6 Å². The van der Waals surface area contributed by atoms with Crippen molar-refractivity contribution in [3.63, 3.8) is 0 Å². The van der Waals surface area contributed by atoms with E-state index in [1.54, 1.807) is 30.0 Å². The molecule has 3 atom stereocenters. The van der Waals surface area contributed by atoms with Gasteiger partial charge in [-0.25, -0.2) is 14.8 Å². The van der Waals surface area contributed by atoms with E-state index in [-0.39, 0.29) is 29.0 Å².